The van der Waals surface area contributed by atoms with Crippen molar-refractivity contribution < 1.29 is 27.5 Å². The number of hydrogen-bond acceptors (Lipinski definition) is 7. The van der Waals surface area contributed by atoms with Gasteiger partial charge in [-0.05, 0) is 54.3 Å². The molecule has 35 heavy (non-hydrogen) atoms. The van der Waals surface area contributed by atoms with E-state index in [0.717, 1.165) is 25.7 Å². The molecule has 2 saturated heterocycles. The van der Waals surface area contributed by atoms with Crippen LogP contribution in [0.1, 0.15) is 48.9 Å². The lowest BCUT2D eigenvalue weighted by Gasteiger charge is -2.38. The number of Topliss-reactive ketones (excluding diaryl/α,β-unsaturated/α-hetero) is 1. The summed E-state index contributed by atoms with van der Waals surface area (Å²) in [5, 5.41) is 1.78. The number of nitrogens with zero attached hydrogens (tertiary/aromatic N) is 2. The van der Waals surface area contributed by atoms with Crippen LogP contribution < -0.4 is 9.47 Å². The van der Waals surface area contributed by atoms with Crippen molar-refractivity contribution in [3.8, 4) is 11.5 Å². The Morgan fingerprint density at radius 1 is 0.971 bits per heavy atom. The van der Waals surface area contributed by atoms with E-state index in [1.165, 1.54) is 11.3 Å². The fourth-order valence-electron chi connectivity index (χ4n) is 5.15. The molecule has 8 nitrogen and oxygen atoms in total. The molecule has 0 saturated carbocycles. The van der Waals surface area contributed by atoms with Crippen LogP contribution in [0.2, 0.25) is 0 Å². The quantitative estimate of drug-likeness (QED) is 0.543. The molecule has 188 valence electrons. The highest BCUT2D eigenvalue weighted by molar-refractivity contribution is 7.91. The van der Waals surface area contributed by atoms with E-state index in [0.29, 0.717) is 60.7 Å². The molecular formula is C25H30N2O6S2. The first-order valence-electron chi connectivity index (χ1n) is 12.1. The number of carbonyl (C=O) groups is 2. The number of benzene rings is 1. The molecule has 0 aliphatic carbocycles. The fourth-order valence-corrected chi connectivity index (χ4v) is 7.74. The van der Waals surface area contributed by atoms with Crippen molar-refractivity contribution in [1.82, 2.24) is 9.21 Å². The van der Waals surface area contributed by atoms with Gasteiger partial charge in [-0.3, -0.25) is 9.59 Å². The van der Waals surface area contributed by atoms with Crippen LogP contribution in [0.3, 0.4) is 0 Å². The summed E-state index contributed by atoms with van der Waals surface area (Å²) in [6.45, 7) is 3.40. The zero-order chi connectivity index (χ0) is 24.5. The number of hydrogen-bond donors (Lipinski definition) is 0. The maximum atomic E-state index is 12.9. The normalized spacial score (nSPS) is 20.1. The van der Waals surface area contributed by atoms with Crippen molar-refractivity contribution in [2.24, 2.45) is 5.41 Å². The number of sulfonamides is 1. The van der Waals surface area contributed by atoms with Crippen molar-refractivity contribution in [3.05, 3.63) is 41.3 Å². The van der Waals surface area contributed by atoms with E-state index in [1.54, 1.807) is 40.0 Å². The maximum Gasteiger partial charge on any atom is 0.252 e. The average Bonchev–Trinajstić information content (AvgIpc) is 3.49. The molecule has 3 aliphatic rings. The number of likely N-dealkylation sites (tertiary alicyclic amines) is 1. The summed E-state index contributed by atoms with van der Waals surface area (Å²) >= 11 is 1.24. The fraction of sp³-hybridized carbons (Fsp3) is 0.520. The zero-order valence-corrected chi connectivity index (χ0v) is 21.2. The maximum absolute atomic E-state index is 12.9. The van der Waals surface area contributed by atoms with E-state index < -0.39 is 10.0 Å². The van der Waals surface area contributed by atoms with Gasteiger partial charge in [-0.25, -0.2) is 8.42 Å². The minimum absolute atomic E-state index is 0.0156. The van der Waals surface area contributed by atoms with Gasteiger partial charge in [0.25, 0.3) is 10.0 Å². The van der Waals surface area contributed by atoms with Gasteiger partial charge in [-0.15, -0.1) is 11.3 Å². The van der Waals surface area contributed by atoms with Gasteiger partial charge in [-0.1, -0.05) is 6.07 Å². The molecule has 1 amide bonds. The number of ketones is 1. The first-order valence-corrected chi connectivity index (χ1v) is 14.4. The Hall–Kier alpha value is -2.43. The van der Waals surface area contributed by atoms with Crippen molar-refractivity contribution in [1.29, 1.82) is 0 Å². The Bertz CT molecular complexity index is 1190. The molecule has 2 aromatic rings. The van der Waals surface area contributed by atoms with Crippen LogP contribution >= 0.6 is 11.3 Å². The van der Waals surface area contributed by atoms with Crippen molar-refractivity contribution in [2.45, 2.75) is 42.7 Å². The van der Waals surface area contributed by atoms with Crippen LogP contribution in [0.5, 0.6) is 11.5 Å². The molecule has 0 bridgehead atoms. The molecule has 1 spiro atoms. The first-order chi connectivity index (χ1) is 16.9. The number of fused-ring (bicyclic) bond motifs is 1. The molecule has 2 fully saturated rings. The topological polar surface area (TPSA) is 93.2 Å². The Balaban J connectivity index is 1.13. The van der Waals surface area contributed by atoms with Crippen molar-refractivity contribution in [2.75, 3.05) is 39.4 Å². The summed E-state index contributed by atoms with van der Waals surface area (Å²) in [4.78, 5) is 27.5. The molecule has 0 unspecified atom stereocenters. The SMILES string of the molecule is O=C(CCC(=O)N1CCC2(CCN(S(=O)(=O)c3cccs3)CC2)C1)c1ccc2c(c1)OCCCO2. The molecule has 4 heterocycles. The van der Waals surface area contributed by atoms with E-state index in [-0.39, 0.29) is 29.9 Å². The minimum atomic E-state index is -3.43. The summed E-state index contributed by atoms with van der Waals surface area (Å²) in [6, 6.07) is 8.59. The monoisotopic (exact) mass is 518 g/mol. The number of ether oxygens (including phenoxy) is 2. The Morgan fingerprint density at radius 3 is 2.46 bits per heavy atom. The van der Waals surface area contributed by atoms with Gasteiger partial charge in [-0.2, -0.15) is 4.31 Å². The van der Waals surface area contributed by atoms with Gasteiger partial charge in [0, 0.05) is 51.0 Å². The second-order valence-corrected chi connectivity index (χ2v) is 12.6. The summed E-state index contributed by atoms with van der Waals surface area (Å²) in [5.41, 5.74) is 0.495. The van der Waals surface area contributed by atoms with E-state index in [2.05, 4.69) is 0 Å². The minimum Gasteiger partial charge on any atom is -0.490 e. The predicted molar refractivity (Wildman–Crippen MR) is 132 cm³/mol. The number of piperidine rings is 1. The number of thiophene rings is 1. The van der Waals surface area contributed by atoms with Crippen LogP contribution in [-0.4, -0.2) is 68.7 Å². The van der Waals surface area contributed by atoms with Gasteiger partial charge in [0.05, 0.1) is 13.2 Å². The lowest BCUT2D eigenvalue weighted by Crippen LogP contribution is -2.44. The zero-order valence-electron chi connectivity index (χ0n) is 19.6. The predicted octanol–water partition coefficient (Wildman–Crippen LogP) is 3.58. The van der Waals surface area contributed by atoms with Crippen LogP contribution in [0, 0.1) is 5.41 Å². The number of carbonyl (C=O) groups excluding carboxylic acids is 2. The molecule has 1 aromatic heterocycles. The average molecular weight is 519 g/mol. The van der Waals surface area contributed by atoms with E-state index in [9.17, 15) is 18.0 Å². The molecule has 3 aliphatic heterocycles. The summed E-state index contributed by atoms with van der Waals surface area (Å²) < 4.78 is 38.9. The largest absolute Gasteiger partial charge is 0.490 e. The third-order valence-electron chi connectivity index (χ3n) is 7.30. The number of rotatable bonds is 6. The van der Waals surface area contributed by atoms with Gasteiger partial charge in [0.2, 0.25) is 5.91 Å². The van der Waals surface area contributed by atoms with E-state index in [1.807, 2.05) is 4.90 Å². The molecule has 0 radical (unpaired) electrons. The highest BCUT2D eigenvalue weighted by Crippen LogP contribution is 2.42. The molecule has 1 aromatic carbocycles. The second-order valence-electron chi connectivity index (χ2n) is 9.54. The highest BCUT2D eigenvalue weighted by atomic mass is 32.2. The molecule has 5 rings (SSSR count). The van der Waals surface area contributed by atoms with Gasteiger partial charge < -0.3 is 14.4 Å². The molecule has 0 N–H and O–H groups in total. The van der Waals surface area contributed by atoms with Crippen molar-refractivity contribution in [3.63, 3.8) is 0 Å². The highest BCUT2D eigenvalue weighted by Gasteiger charge is 2.44. The van der Waals surface area contributed by atoms with Crippen LogP contribution in [0.4, 0.5) is 0 Å². The smallest absolute Gasteiger partial charge is 0.252 e. The summed E-state index contributed by atoms with van der Waals surface area (Å²) in [5.74, 6) is 1.12. The second kappa shape index (κ2) is 9.91. The Labute approximate surface area is 209 Å². The molecular weight excluding hydrogens is 488 g/mol. The lowest BCUT2D eigenvalue weighted by atomic mass is 9.78. The van der Waals surface area contributed by atoms with Crippen LogP contribution in [-0.2, 0) is 14.8 Å². The van der Waals surface area contributed by atoms with Gasteiger partial charge >= 0.3 is 0 Å². The van der Waals surface area contributed by atoms with E-state index >= 15 is 0 Å². The van der Waals surface area contributed by atoms with Gasteiger partial charge in [0.1, 0.15) is 4.21 Å². The standard InChI is InChI=1S/C25H30N2O6S2/c28-20(19-4-6-21-22(17-19)33-15-2-14-32-21)5-7-23(29)26-11-8-25(18-26)9-12-27(13-10-25)35(30,31)24-3-1-16-34-24/h1,3-4,6,16-17H,2,5,7-15,18H2. The summed E-state index contributed by atoms with van der Waals surface area (Å²) in [7, 11) is -3.43. The van der Waals surface area contributed by atoms with Gasteiger partial charge in [0.15, 0.2) is 17.3 Å². The third-order valence-corrected chi connectivity index (χ3v) is 10.6. The van der Waals surface area contributed by atoms with Crippen LogP contribution in [0.25, 0.3) is 0 Å². The van der Waals surface area contributed by atoms with Crippen molar-refractivity contribution >= 4 is 33.1 Å². The lowest BCUT2D eigenvalue weighted by molar-refractivity contribution is -0.130. The Kier molecular flexibility index (Phi) is 6.87. The first kappa shape index (κ1) is 24.3. The summed E-state index contributed by atoms with van der Waals surface area (Å²) in [6.07, 6.45) is 3.49. The number of amides is 1. The molecule has 0 atom stereocenters. The van der Waals surface area contributed by atoms with Crippen LogP contribution in [0.15, 0.2) is 39.9 Å². The van der Waals surface area contributed by atoms with E-state index in [4.69, 9.17) is 9.47 Å². The Morgan fingerprint density at radius 2 is 1.71 bits per heavy atom. The molecule has 10 heteroatoms. The third kappa shape index (κ3) is 5.10.